The lowest BCUT2D eigenvalue weighted by molar-refractivity contribution is 0.0939. The first-order chi connectivity index (χ1) is 16.4. The summed E-state index contributed by atoms with van der Waals surface area (Å²) in [6, 6.07) is 22.7. The molecule has 3 aromatic rings. The Morgan fingerprint density at radius 3 is 2.29 bits per heavy atom. The maximum atomic E-state index is 13.5. The first-order valence-corrected chi connectivity index (χ1v) is 12.5. The standard InChI is InChI=1S/C28H30BrN3O2/c1-19-14-16-32(17-15-19)26-13-12-22(31-27(33)23-10-6-7-11-25(23)29)18-24(26)28(34)30-20(2)21-8-4-3-5-9-21/h3-13,18-20H,14-17H2,1-2H3,(H,30,34)(H,31,33). The van der Waals surface area contributed by atoms with Gasteiger partial charge in [0.2, 0.25) is 0 Å². The maximum Gasteiger partial charge on any atom is 0.256 e. The molecule has 6 heteroatoms. The van der Waals surface area contributed by atoms with Gasteiger partial charge < -0.3 is 15.5 Å². The SMILES string of the molecule is CC1CCN(c2ccc(NC(=O)c3ccccc3Br)cc2C(=O)NC(C)c2ccccc2)CC1. The highest BCUT2D eigenvalue weighted by Gasteiger charge is 2.23. The van der Waals surface area contributed by atoms with Crippen molar-refractivity contribution in [2.45, 2.75) is 32.7 Å². The van der Waals surface area contributed by atoms with E-state index < -0.39 is 0 Å². The highest BCUT2D eigenvalue weighted by molar-refractivity contribution is 9.10. The van der Waals surface area contributed by atoms with Gasteiger partial charge in [0.1, 0.15) is 0 Å². The van der Waals surface area contributed by atoms with Crippen LogP contribution in [0.4, 0.5) is 11.4 Å². The molecule has 0 radical (unpaired) electrons. The topological polar surface area (TPSA) is 61.4 Å². The number of anilines is 2. The molecule has 0 aliphatic carbocycles. The first kappa shape index (κ1) is 24.0. The molecule has 0 bridgehead atoms. The van der Waals surface area contributed by atoms with Crippen LogP contribution in [0.2, 0.25) is 0 Å². The van der Waals surface area contributed by atoms with E-state index in [0.717, 1.165) is 41.7 Å². The smallest absolute Gasteiger partial charge is 0.256 e. The highest BCUT2D eigenvalue weighted by Crippen LogP contribution is 2.30. The Hall–Kier alpha value is -3.12. The third kappa shape index (κ3) is 5.68. The normalized spacial score (nSPS) is 15.0. The average Bonchev–Trinajstić information content (AvgIpc) is 2.85. The first-order valence-electron chi connectivity index (χ1n) is 11.7. The van der Waals surface area contributed by atoms with Crippen LogP contribution in [0, 0.1) is 5.92 Å². The molecule has 1 atom stereocenters. The Balaban J connectivity index is 1.61. The van der Waals surface area contributed by atoms with Gasteiger partial charge in [-0.2, -0.15) is 0 Å². The molecular formula is C28H30BrN3O2. The molecule has 1 aliphatic rings. The largest absolute Gasteiger partial charge is 0.371 e. The zero-order chi connectivity index (χ0) is 24.1. The number of piperidine rings is 1. The molecule has 2 amide bonds. The van der Waals surface area contributed by atoms with Crippen molar-refractivity contribution in [3.63, 3.8) is 0 Å². The van der Waals surface area contributed by atoms with Gasteiger partial charge in [-0.05, 0) is 77.5 Å². The minimum Gasteiger partial charge on any atom is -0.371 e. The average molecular weight is 520 g/mol. The number of hydrogen-bond acceptors (Lipinski definition) is 3. The lowest BCUT2D eigenvalue weighted by Crippen LogP contribution is -2.35. The Kier molecular flexibility index (Phi) is 7.68. The Morgan fingerprint density at radius 1 is 0.912 bits per heavy atom. The number of benzene rings is 3. The van der Waals surface area contributed by atoms with Crippen molar-refractivity contribution in [3.8, 4) is 0 Å². The summed E-state index contributed by atoms with van der Waals surface area (Å²) in [5, 5.41) is 6.09. The van der Waals surface area contributed by atoms with Gasteiger partial charge in [-0.15, -0.1) is 0 Å². The van der Waals surface area contributed by atoms with E-state index in [4.69, 9.17) is 0 Å². The molecule has 4 rings (SSSR count). The summed E-state index contributed by atoms with van der Waals surface area (Å²) in [7, 11) is 0. The van der Waals surface area contributed by atoms with E-state index >= 15 is 0 Å². The summed E-state index contributed by atoms with van der Waals surface area (Å²) in [6.45, 7) is 6.08. The monoisotopic (exact) mass is 519 g/mol. The van der Waals surface area contributed by atoms with E-state index in [1.165, 1.54) is 0 Å². The van der Waals surface area contributed by atoms with Crippen LogP contribution in [-0.4, -0.2) is 24.9 Å². The molecule has 1 saturated heterocycles. The van der Waals surface area contributed by atoms with Crippen molar-refractivity contribution in [1.29, 1.82) is 0 Å². The second kappa shape index (κ2) is 10.9. The van der Waals surface area contributed by atoms with Gasteiger partial charge >= 0.3 is 0 Å². The summed E-state index contributed by atoms with van der Waals surface area (Å²) in [5.41, 5.74) is 3.65. The van der Waals surface area contributed by atoms with E-state index in [9.17, 15) is 9.59 Å². The molecule has 34 heavy (non-hydrogen) atoms. The van der Waals surface area contributed by atoms with Crippen LogP contribution in [-0.2, 0) is 0 Å². The Labute approximate surface area is 209 Å². The fraction of sp³-hybridized carbons (Fsp3) is 0.286. The number of halogens is 1. The van der Waals surface area contributed by atoms with E-state index in [1.807, 2.05) is 67.6 Å². The number of nitrogens with one attached hydrogen (secondary N) is 2. The van der Waals surface area contributed by atoms with Crippen LogP contribution in [0.15, 0.2) is 77.3 Å². The minimum absolute atomic E-state index is 0.138. The van der Waals surface area contributed by atoms with Crippen LogP contribution in [0.5, 0.6) is 0 Å². The Morgan fingerprint density at radius 2 is 1.59 bits per heavy atom. The van der Waals surface area contributed by atoms with Crippen molar-refractivity contribution < 1.29 is 9.59 Å². The van der Waals surface area contributed by atoms with Gasteiger partial charge in [0, 0.05) is 28.9 Å². The number of carbonyl (C=O) groups excluding carboxylic acids is 2. The number of hydrogen-bond donors (Lipinski definition) is 2. The number of rotatable bonds is 6. The van der Waals surface area contributed by atoms with Crippen molar-refractivity contribution in [2.75, 3.05) is 23.3 Å². The summed E-state index contributed by atoms with van der Waals surface area (Å²) < 4.78 is 0.723. The fourth-order valence-electron chi connectivity index (χ4n) is 4.26. The van der Waals surface area contributed by atoms with Crippen LogP contribution in [0.3, 0.4) is 0 Å². The highest BCUT2D eigenvalue weighted by atomic mass is 79.9. The van der Waals surface area contributed by atoms with Gasteiger partial charge in [0.05, 0.1) is 17.2 Å². The fourth-order valence-corrected chi connectivity index (χ4v) is 4.73. The van der Waals surface area contributed by atoms with E-state index in [1.54, 1.807) is 12.1 Å². The van der Waals surface area contributed by atoms with E-state index in [-0.39, 0.29) is 17.9 Å². The number of amides is 2. The zero-order valence-electron chi connectivity index (χ0n) is 19.6. The molecule has 0 saturated carbocycles. The lowest BCUT2D eigenvalue weighted by Gasteiger charge is -2.33. The summed E-state index contributed by atoms with van der Waals surface area (Å²) in [6.07, 6.45) is 2.20. The van der Waals surface area contributed by atoms with Gasteiger partial charge in [-0.3, -0.25) is 9.59 Å². The third-order valence-corrected chi connectivity index (χ3v) is 7.08. The molecule has 1 aliphatic heterocycles. The third-order valence-electron chi connectivity index (χ3n) is 6.39. The molecule has 176 valence electrons. The summed E-state index contributed by atoms with van der Waals surface area (Å²) >= 11 is 3.43. The van der Waals surface area contributed by atoms with Gasteiger partial charge in [0.25, 0.3) is 11.8 Å². The molecule has 3 aromatic carbocycles. The maximum absolute atomic E-state index is 13.5. The van der Waals surface area contributed by atoms with Crippen molar-refractivity contribution in [2.24, 2.45) is 5.92 Å². The predicted molar refractivity (Wildman–Crippen MR) is 141 cm³/mol. The quantitative estimate of drug-likeness (QED) is 0.394. The summed E-state index contributed by atoms with van der Waals surface area (Å²) in [4.78, 5) is 28.6. The van der Waals surface area contributed by atoms with E-state index in [0.29, 0.717) is 22.7 Å². The van der Waals surface area contributed by atoms with Crippen molar-refractivity contribution >= 4 is 39.1 Å². The van der Waals surface area contributed by atoms with Gasteiger partial charge in [0.15, 0.2) is 0 Å². The zero-order valence-corrected chi connectivity index (χ0v) is 21.1. The summed E-state index contributed by atoms with van der Waals surface area (Å²) in [5.74, 6) is 0.313. The van der Waals surface area contributed by atoms with Crippen LogP contribution >= 0.6 is 15.9 Å². The lowest BCUT2D eigenvalue weighted by atomic mass is 9.97. The predicted octanol–water partition coefficient (Wildman–Crippen LogP) is 6.43. The molecule has 2 N–H and O–H groups in total. The van der Waals surface area contributed by atoms with Crippen LogP contribution in [0.25, 0.3) is 0 Å². The molecule has 0 aromatic heterocycles. The van der Waals surface area contributed by atoms with Crippen molar-refractivity contribution in [1.82, 2.24) is 5.32 Å². The molecule has 1 fully saturated rings. The van der Waals surface area contributed by atoms with Crippen molar-refractivity contribution in [3.05, 3.63) is 94.0 Å². The van der Waals surface area contributed by atoms with Gasteiger partial charge in [-0.25, -0.2) is 0 Å². The molecule has 0 spiro atoms. The second-order valence-electron chi connectivity index (χ2n) is 8.94. The molecule has 5 nitrogen and oxygen atoms in total. The van der Waals surface area contributed by atoms with Gasteiger partial charge in [-0.1, -0.05) is 49.4 Å². The second-order valence-corrected chi connectivity index (χ2v) is 9.80. The van der Waals surface area contributed by atoms with Crippen LogP contribution < -0.4 is 15.5 Å². The molecule has 1 unspecified atom stereocenters. The Bertz CT molecular complexity index is 1160. The molecular weight excluding hydrogens is 490 g/mol. The van der Waals surface area contributed by atoms with E-state index in [2.05, 4.69) is 38.4 Å². The minimum atomic E-state index is -0.226. The number of nitrogens with zero attached hydrogens (tertiary/aromatic N) is 1. The van der Waals surface area contributed by atoms with Crippen LogP contribution in [0.1, 0.15) is 59.0 Å². The molecule has 1 heterocycles. The number of carbonyl (C=O) groups is 2.